The Morgan fingerprint density at radius 3 is 1.20 bits per heavy atom. The second kappa shape index (κ2) is 11.3. The number of nitrogens with one attached hydrogen (secondary N) is 2. The van der Waals surface area contributed by atoms with Crippen LogP contribution in [0.1, 0.15) is 11.1 Å². The molecule has 2 rings (SSSR count). The molecule has 0 aliphatic carbocycles. The Labute approximate surface area is 178 Å². The van der Waals surface area contributed by atoms with E-state index < -0.39 is 11.8 Å². The van der Waals surface area contributed by atoms with Crippen molar-refractivity contribution in [3.05, 3.63) is 59.7 Å². The van der Waals surface area contributed by atoms with Crippen molar-refractivity contribution < 1.29 is 28.4 Å². The fourth-order valence-electron chi connectivity index (χ4n) is 3.37. The molecular weight excluding hydrogens is 388 g/mol. The third-order valence-corrected chi connectivity index (χ3v) is 4.91. The molecule has 0 aliphatic rings. The van der Waals surface area contributed by atoms with E-state index in [9.17, 15) is 0 Å². The van der Waals surface area contributed by atoms with Crippen LogP contribution in [0, 0.1) is 0 Å². The number of para-hydroxylation sites is 2. The zero-order valence-electron chi connectivity index (χ0n) is 18.5. The van der Waals surface area contributed by atoms with Gasteiger partial charge in [0, 0.05) is 41.5 Å². The number of ether oxygens (including phenoxy) is 6. The van der Waals surface area contributed by atoms with E-state index in [0.29, 0.717) is 24.6 Å². The Bertz CT molecular complexity index is 712. The summed E-state index contributed by atoms with van der Waals surface area (Å²) >= 11 is 0. The maximum atomic E-state index is 5.70. The Balaban J connectivity index is 2.16. The topological polar surface area (TPSA) is 79.4 Å². The van der Waals surface area contributed by atoms with Gasteiger partial charge in [0.15, 0.2) is 0 Å². The Kier molecular flexibility index (Phi) is 9.04. The number of benzene rings is 2. The van der Waals surface area contributed by atoms with E-state index in [0.717, 1.165) is 11.1 Å². The van der Waals surface area contributed by atoms with E-state index in [-0.39, 0.29) is 0 Å². The van der Waals surface area contributed by atoms with Gasteiger partial charge in [-0.3, -0.25) is 10.6 Å². The fourth-order valence-corrected chi connectivity index (χ4v) is 3.37. The van der Waals surface area contributed by atoms with Gasteiger partial charge in [-0.15, -0.1) is 0 Å². The molecule has 0 aliphatic heterocycles. The SMILES string of the molecule is COc1ccccc1C(NCCNC(OC)(OC)c1ccccc1OC)(OC)OC. The van der Waals surface area contributed by atoms with Gasteiger partial charge in [-0.25, -0.2) is 0 Å². The molecule has 30 heavy (non-hydrogen) atoms. The predicted molar refractivity (Wildman–Crippen MR) is 113 cm³/mol. The average Bonchev–Trinajstić information content (AvgIpc) is 2.82. The van der Waals surface area contributed by atoms with E-state index in [1.54, 1.807) is 42.7 Å². The summed E-state index contributed by atoms with van der Waals surface area (Å²) in [5, 5.41) is 6.59. The third kappa shape index (κ3) is 4.92. The number of rotatable bonds is 13. The molecule has 166 valence electrons. The quantitative estimate of drug-likeness (QED) is 0.378. The van der Waals surface area contributed by atoms with Crippen LogP contribution in [-0.4, -0.2) is 55.7 Å². The maximum absolute atomic E-state index is 5.70. The second-order valence-corrected chi connectivity index (χ2v) is 6.30. The molecule has 2 aromatic rings. The van der Waals surface area contributed by atoms with Crippen LogP contribution in [0.5, 0.6) is 11.5 Å². The minimum absolute atomic E-state index is 0.462. The van der Waals surface area contributed by atoms with Gasteiger partial charge in [-0.2, -0.15) is 0 Å². The van der Waals surface area contributed by atoms with Gasteiger partial charge in [-0.05, 0) is 24.3 Å². The zero-order valence-corrected chi connectivity index (χ0v) is 18.5. The molecule has 0 fully saturated rings. The van der Waals surface area contributed by atoms with Crippen LogP contribution in [-0.2, 0) is 30.8 Å². The lowest BCUT2D eigenvalue weighted by Crippen LogP contribution is -2.52. The summed E-state index contributed by atoms with van der Waals surface area (Å²) in [6.07, 6.45) is 0. The van der Waals surface area contributed by atoms with Crippen molar-refractivity contribution in [2.45, 2.75) is 11.8 Å². The number of hydrogen-bond acceptors (Lipinski definition) is 8. The Morgan fingerprint density at radius 1 is 0.567 bits per heavy atom. The molecule has 0 amide bonds. The van der Waals surface area contributed by atoms with Crippen LogP contribution in [0.25, 0.3) is 0 Å². The van der Waals surface area contributed by atoms with Crippen molar-refractivity contribution in [3.8, 4) is 11.5 Å². The first-order valence-electron chi connectivity index (χ1n) is 9.54. The summed E-state index contributed by atoms with van der Waals surface area (Å²) in [7, 11) is 9.49. The molecule has 0 heterocycles. The highest BCUT2D eigenvalue weighted by molar-refractivity contribution is 5.37. The number of hydrogen-bond donors (Lipinski definition) is 2. The zero-order chi connectivity index (χ0) is 22.0. The summed E-state index contributed by atoms with van der Waals surface area (Å²) in [5.74, 6) is -1.05. The Hall–Kier alpha value is -2.20. The molecule has 0 spiro atoms. The molecule has 2 aromatic carbocycles. The molecule has 8 heteroatoms. The average molecular weight is 421 g/mol. The minimum atomic E-state index is -1.18. The first-order chi connectivity index (χ1) is 14.6. The van der Waals surface area contributed by atoms with Gasteiger partial charge >= 0.3 is 0 Å². The molecule has 8 nitrogen and oxygen atoms in total. The standard InChI is InChI=1S/C22H32N2O6/c1-25-19-13-9-7-11-17(19)21(27-3,28-4)23-15-16-24-22(29-5,30-6)18-12-8-10-14-20(18)26-2/h7-14,23-24H,15-16H2,1-6H3. The van der Waals surface area contributed by atoms with Gasteiger partial charge < -0.3 is 28.4 Å². The molecule has 2 N–H and O–H groups in total. The lowest BCUT2D eigenvalue weighted by molar-refractivity contribution is -0.246. The van der Waals surface area contributed by atoms with Crippen molar-refractivity contribution in [2.75, 3.05) is 55.7 Å². The first kappa shape index (κ1) is 24.1. The van der Waals surface area contributed by atoms with Crippen LogP contribution in [0.3, 0.4) is 0 Å². The van der Waals surface area contributed by atoms with Crippen molar-refractivity contribution >= 4 is 0 Å². The largest absolute Gasteiger partial charge is 0.496 e. The smallest absolute Gasteiger partial charge is 0.258 e. The molecule has 0 aromatic heterocycles. The lowest BCUT2D eigenvalue weighted by Gasteiger charge is -2.35. The fraction of sp³-hybridized carbons (Fsp3) is 0.455. The molecule has 0 radical (unpaired) electrons. The predicted octanol–water partition coefficient (Wildman–Crippen LogP) is 2.39. The molecule has 0 bridgehead atoms. The Morgan fingerprint density at radius 2 is 0.900 bits per heavy atom. The van der Waals surface area contributed by atoms with Crippen molar-refractivity contribution in [1.82, 2.24) is 10.6 Å². The molecular formula is C22H32N2O6. The second-order valence-electron chi connectivity index (χ2n) is 6.30. The normalized spacial score (nSPS) is 12.1. The summed E-state index contributed by atoms with van der Waals surface area (Å²) in [6.45, 7) is 0.923. The van der Waals surface area contributed by atoms with E-state index >= 15 is 0 Å². The van der Waals surface area contributed by atoms with Crippen molar-refractivity contribution in [2.24, 2.45) is 0 Å². The van der Waals surface area contributed by atoms with Gasteiger partial charge in [-0.1, -0.05) is 24.3 Å². The summed E-state index contributed by atoms with van der Waals surface area (Å²) in [5.41, 5.74) is 1.46. The maximum Gasteiger partial charge on any atom is 0.258 e. The van der Waals surface area contributed by atoms with Crippen LogP contribution in [0.2, 0.25) is 0 Å². The van der Waals surface area contributed by atoms with Crippen LogP contribution >= 0.6 is 0 Å². The molecule has 0 saturated carbocycles. The van der Waals surface area contributed by atoms with Crippen molar-refractivity contribution in [1.29, 1.82) is 0 Å². The highest BCUT2D eigenvalue weighted by Crippen LogP contribution is 2.32. The van der Waals surface area contributed by atoms with E-state index in [1.807, 2.05) is 48.5 Å². The van der Waals surface area contributed by atoms with Crippen LogP contribution in [0.15, 0.2) is 48.5 Å². The highest BCUT2D eigenvalue weighted by atomic mass is 16.7. The summed E-state index contributed by atoms with van der Waals surface area (Å²) < 4.78 is 33.7. The summed E-state index contributed by atoms with van der Waals surface area (Å²) in [4.78, 5) is 0. The monoisotopic (exact) mass is 420 g/mol. The summed E-state index contributed by atoms with van der Waals surface area (Å²) in [6, 6.07) is 15.0. The number of methoxy groups -OCH3 is 6. The van der Waals surface area contributed by atoms with E-state index in [4.69, 9.17) is 28.4 Å². The molecule has 0 saturated heterocycles. The van der Waals surface area contributed by atoms with Gasteiger partial charge in [0.25, 0.3) is 11.8 Å². The van der Waals surface area contributed by atoms with Crippen molar-refractivity contribution in [3.63, 3.8) is 0 Å². The lowest BCUT2D eigenvalue weighted by atomic mass is 10.1. The van der Waals surface area contributed by atoms with Gasteiger partial charge in [0.05, 0.1) is 25.3 Å². The van der Waals surface area contributed by atoms with E-state index in [2.05, 4.69) is 10.6 Å². The molecule has 0 unspecified atom stereocenters. The van der Waals surface area contributed by atoms with Crippen LogP contribution in [0.4, 0.5) is 0 Å². The van der Waals surface area contributed by atoms with E-state index in [1.165, 1.54) is 0 Å². The highest BCUT2D eigenvalue weighted by Gasteiger charge is 2.37. The minimum Gasteiger partial charge on any atom is -0.496 e. The van der Waals surface area contributed by atoms with Crippen LogP contribution < -0.4 is 20.1 Å². The molecule has 0 atom stereocenters. The first-order valence-corrected chi connectivity index (χ1v) is 9.54. The van der Waals surface area contributed by atoms with Gasteiger partial charge in [0.2, 0.25) is 0 Å². The third-order valence-electron chi connectivity index (χ3n) is 4.91. The van der Waals surface area contributed by atoms with Gasteiger partial charge in [0.1, 0.15) is 11.5 Å².